The van der Waals surface area contributed by atoms with Gasteiger partial charge in [0.05, 0.1) is 0 Å². The van der Waals surface area contributed by atoms with Crippen LogP contribution in [0.5, 0.6) is 0 Å². The molecule has 17 heavy (non-hydrogen) atoms. The summed E-state index contributed by atoms with van der Waals surface area (Å²) in [6.07, 6.45) is 3.60. The molecule has 0 aromatic carbocycles. The van der Waals surface area contributed by atoms with Gasteiger partial charge in [-0.15, -0.1) is 0 Å². The van der Waals surface area contributed by atoms with Gasteiger partial charge in [-0.3, -0.25) is 9.69 Å². The van der Waals surface area contributed by atoms with Crippen LogP contribution in [0.15, 0.2) is 0 Å². The average molecular weight is 242 g/mol. The molecule has 1 aliphatic rings. The first-order valence-corrected chi connectivity index (χ1v) is 6.65. The highest BCUT2D eigenvalue weighted by Gasteiger charge is 2.37. The van der Waals surface area contributed by atoms with Crippen LogP contribution in [0.25, 0.3) is 0 Å². The molecule has 1 rings (SSSR count). The van der Waals surface area contributed by atoms with E-state index in [4.69, 9.17) is 0 Å². The Kier molecular flexibility index (Phi) is 4.95. The van der Waals surface area contributed by atoms with Crippen molar-refractivity contribution in [2.45, 2.75) is 64.6 Å². The van der Waals surface area contributed by atoms with Gasteiger partial charge in [0.25, 0.3) is 0 Å². The second kappa shape index (κ2) is 5.83. The number of carboxylic acids is 1. The number of carbonyl (C=O) groups is 1. The molecule has 1 heterocycles. The Labute approximate surface area is 104 Å². The topological polar surface area (TPSA) is 52.6 Å². The van der Waals surface area contributed by atoms with Crippen molar-refractivity contribution < 1.29 is 9.90 Å². The average Bonchev–Trinajstić information content (AvgIpc) is 2.24. The Morgan fingerprint density at radius 3 is 2.35 bits per heavy atom. The van der Waals surface area contributed by atoms with Crippen molar-refractivity contribution >= 4 is 5.97 Å². The Balaban J connectivity index is 2.74. The van der Waals surface area contributed by atoms with Crippen molar-refractivity contribution in [1.29, 1.82) is 0 Å². The molecule has 0 aromatic heterocycles. The second-order valence-electron chi connectivity index (χ2n) is 5.47. The first kappa shape index (κ1) is 14.5. The fourth-order valence-corrected chi connectivity index (χ4v) is 2.74. The van der Waals surface area contributed by atoms with Gasteiger partial charge in [-0.2, -0.15) is 0 Å². The molecular formula is C13H26N2O2. The standard InChI is InChI=1S/C13H26N2O2/c1-5-14-13(4,12(16)17)9-15-10(2)7-6-8-11(15)3/h10-11,14H,5-9H2,1-4H3,(H,16,17)/t10-,11+,13?. The minimum Gasteiger partial charge on any atom is -0.480 e. The van der Waals surface area contributed by atoms with Crippen molar-refractivity contribution in [3.05, 3.63) is 0 Å². The number of rotatable bonds is 5. The fourth-order valence-electron chi connectivity index (χ4n) is 2.74. The summed E-state index contributed by atoms with van der Waals surface area (Å²) >= 11 is 0. The van der Waals surface area contributed by atoms with Gasteiger partial charge in [0.15, 0.2) is 0 Å². The molecule has 1 saturated heterocycles. The Hall–Kier alpha value is -0.610. The molecule has 0 aliphatic carbocycles. The maximum atomic E-state index is 11.4. The molecule has 100 valence electrons. The van der Waals surface area contributed by atoms with Gasteiger partial charge in [-0.1, -0.05) is 13.3 Å². The van der Waals surface area contributed by atoms with E-state index in [1.54, 1.807) is 6.92 Å². The van der Waals surface area contributed by atoms with Gasteiger partial charge < -0.3 is 10.4 Å². The van der Waals surface area contributed by atoms with E-state index in [9.17, 15) is 9.90 Å². The number of likely N-dealkylation sites (N-methyl/N-ethyl adjacent to an activating group) is 1. The van der Waals surface area contributed by atoms with E-state index in [-0.39, 0.29) is 0 Å². The zero-order valence-corrected chi connectivity index (χ0v) is 11.5. The van der Waals surface area contributed by atoms with E-state index in [2.05, 4.69) is 24.1 Å². The highest BCUT2D eigenvalue weighted by Crippen LogP contribution is 2.24. The lowest BCUT2D eigenvalue weighted by Gasteiger charge is -2.43. The van der Waals surface area contributed by atoms with Gasteiger partial charge in [0, 0.05) is 18.6 Å². The molecule has 1 aliphatic heterocycles. The Morgan fingerprint density at radius 2 is 1.94 bits per heavy atom. The van der Waals surface area contributed by atoms with Gasteiger partial charge in [0.1, 0.15) is 5.54 Å². The smallest absolute Gasteiger partial charge is 0.324 e. The minimum atomic E-state index is -0.839. The van der Waals surface area contributed by atoms with E-state index >= 15 is 0 Å². The number of hydrogen-bond donors (Lipinski definition) is 2. The molecule has 3 atom stereocenters. The molecule has 4 nitrogen and oxygen atoms in total. The lowest BCUT2D eigenvalue weighted by molar-refractivity contribution is -0.145. The summed E-state index contributed by atoms with van der Waals surface area (Å²) in [7, 11) is 0. The van der Waals surface area contributed by atoms with E-state index in [1.165, 1.54) is 19.3 Å². The predicted octanol–water partition coefficient (Wildman–Crippen LogP) is 1.70. The fraction of sp³-hybridized carbons (Fsp3) is 0.923. The van der Waals surface area contributed by atoms with Crippen molar-refractivity contribution in [1.82, 2.24) is 10.2 Å². The highest BCUT2D eigenvalue weighted by atomic mass is 16.4. The Morgan fingerprint density at radius 1 is 1.41 bits per heavy atom. The SMILES string of the molecule is CCNC(C)(CN1[C@H](C)CCC[C@@H]1C)C(=O)O. The summed E-state index contributed by atoms with van der Waals surface area (Å²) in [5.41, 5.74) is -0.839. The van der Waals surface area contributed by atoms with Crippen LogP contribution in [0.4, 0.5) is 0 Å². The van der Waals surface area contributed by atoms with Crippen molar-refractivity contribution in [3.8, 4) is 0 Å². The van der Waals surface area contributed by atoms with Crippen LogP contribution in [0.3, 0.4) is 0 Å². The number of carboxylic acid groups (broad SMARTS) is 1. The molecule has 0 saturated carbocycles. The van der Waals surface area contributed by atoms with Crippen LogP contribution < -0.4 is 5.32 Å². The molecule has 0 bridgehead atoms. The largest absolute Gasteiger partial charge is 0.480 e. The predicted molar refractivity (Wildman–Crippen MR) is 69.2 cm³/mol. The summed E-state index contributed by atoms with van der Waals surface area (Å²) in [6, 6.07) is 0.965. The quantitative estimate of drug-likeness (QED) is 0.770. The monoisotopic (exact) mass is 242 g/mol. The third kappa shape index (κ3) is 3.42. The van der Waals surface area contributed by atoms with E-state index in [0.29, 0.717) is 25.2 Å². The third-order valence-electron chi connectivity index (χ3n) is 3.91. The summed E-state index contributed by atoms with van der Waals surface area (Å²) in [4.78, 5) is 13.7. The second-order valence-corrected chi connectivity index (χ2v) is 5.47. The number of piperidine rings is 1. The molecule has 1 unspecified atom stereocenters. The molecule has 2 N–H and O–H groups in total. The number of hydrogen-bond acceptors (Lipinski definition) is 3. The van der Waals surface area contributed by atoms with Gasteiger partial charge in [0.2, 0.25) is 0 Å². The van der Waals surface area contributed by atoms with Crippen LogP contribution in [-0.2, 0) is 4.79 Å². The van der Waals surface area contributed by atoms with Gasteiger partial charge >= 0.3 is 5.97 Å². The molecule has 0 aromatic rings. The van der Waals surface area contributed by atoms with Crippen molar-refractivity contribution in [2.75, 3.05) is 13.1 Å². The molecular weight excluding hydrogens is 216 g/mol. The lowest BCUT2D eigenvalue weighted by atomic mass is 9.93. The van der Waals surface area contributed by atoms with Gasteiger partial charge in [-0.25, -0.2) is 0 Å². The first-order valence-electron chi connectivity index (χ1n) is 6.65. The minimum absolute atomic E-state index is 0.482. The summed E-state index contributed by atoms with van der Waals surface area (Å²) in [5, 5.41) is 12.5. The lowest BCUT2D eigenvalue weighted by Crippen LogP contribution is -2.60. The number of nitrogens with zero attached hydrogens (tertiary/aromatic N) is 1. The normalized spacial score (nSPS) is 29.9. The zero-order valence-electron chi connectivity index (χ0n) is 11.5. The van der Waals surface area contributed by atoms with Crippen molar-refractivity contribution in [3.63, 3.8) is 0 Å². The van der Waals surface area contributed by atoms with Crippen LogP contribution in [0.2, 0.25) is 0 Å². The van der Waals surface area contributed by atoms with E-state index in [1.807, 2.05) is 6.92 Å². The Bertz CT molecular complexity index is 260. The van der Waals surface area contributed by atoms with E-state index in [0.717, 1.165) is 0 Å². The third-order valence-corrected chi connectivity index (χ3v) is 3.91. The summed E-state index contributed by atoms with van der Waals surface area (Å²) in [6.45, 7) is 9.39. The number of likely N-dealkylation sites (tertiary alicyclic amines) is 1. The first-order chi connectivity index (χ1) is 7.90. The van der Waals surface area contributed by atoms with Gasteiger partial charge in [-0.05, 0) is 40.2 Å². The van der Waals surface area contributed by atoms with Crippen LogP contribution in [0.1, 0.15) is 47.0 Å². The van der Waals surface area contributed by atoms with E-state index < -0.39 is 11.5 Å². The van der Waals surface area contributed by atoms with Crippen molar-refractivity contribution in [2.24, 2.45) is 0 Å². The number of aliphatic carboxylic acids is 1. The summed E-state index contributed by atoms with van der Waals surface area (Å²) < 4.78 is 0. The van der Waals surface area contributed by atoms with Crippen LogP contribution in [-0.4, -0.2) is 46.7 Å². The molecule has 4 heteroatoms. The maximum Gasteiger partial charge on any atom is 0.324 e. The molecule has 0 amide bonds. The summed E-state index contributed by atoms with van der Waals surface area (Å²) in [5.74, 6) is -0.760. The highest BCUT2D eigenvalue weighted by molar-refractivity contribution is 5.78. The maximum absolute atomic E-state index is 11.4. The molecule has 1 fully saturated rings. The van der Waals surface area contributed by atoms with Crippen LogP contribution >= 0.6 is 0 Å². The van der Waals surface area contributed by atoms with Crippen LogP contribution in [0, 0.1) is 0 Å². The molecule has 0 radical (unpaired) electrons. The zero-order chi connectivity index (χ0) is 13.1. The number of nitrogens with one attached hydrogen (secondary N) is 1. The molecule has 0 spiro atoms.